The summed E-state index contributed by atoms with van der Waals surface area (Å²) in [5.41, 5.74) is 2.64. The molecule has 8 heteroatoms. The molecule has 0 saturated carbocycles. The van der Waals surface area contributed by atoms with Gasteiger partial charge in [0.15, 0.2) is 5.69 Å². The highest BCUT2D eigenvalue weighted by Gasteiger charge is 2.16. The summed E-state index contributed by atoms with van der Waals surface area (Å²) in [7, 11) is 0. The summed E-state index contributed by atoms with van der Waals surface area (Å²) in [6.07, 6.45) is 2.36. The third-order valence-corrected chi connectivity index (χ3v) is 3.63. The number of hydrogen-bond acceptors (Lipinski definition) is 5. The zero-order valence-electron chi connectivity index (χ0n) is 12.7. The molecule has 3 aromatic rings. The van der Waals surface area contributed by atoms with E-state index in [4.69, 9.17) is 16.0 Å². The first kappa shape index (κ1) is 14.8. The Labute approximate surface area is 132 Å². The second-order valence-corrected chi connectivity index (χ2v) is 5.49. The first-order valence-electron chi connectivity index (χ1n) is 7.13. The minimum Gasteiger partial charge on any atom is -0.419 e. The monoisotopic (exact) mass is 320 g/mol. The predicted molar refractivity (Wildman–Crippen MR) is 81.6 cm³/mol. The average Bonchev–Trinajstić information content (AvgIpc) is 3.16. The summed E-state index contributed by atoms with van der Waals surface area (Å²) in [5, 5.41) is 17.3. The highest BCUT2D eigenvalue weighted by atomic mass is 35.5. The van der Waals surface area contributed by atoms with E-state index < -0.39 is 0 Å². The quantitative estimate of drug-likeness (QED) is 0.722. The number of nitrogens with zero attached hydrogens (tertiary/aromatic N) is 6. The van der Waals surface area contributed by atoms with Crippen LogP contribution in [0.3, 0.4) is 0 Å². The molecule has 3 aromatic heterocycles. The van der Waals surface area contributed by atoms with Gasteiger partial charge >= 0.3 is 0 Å². The van der Waals surface area contributed by atoms with Gasteiger partial charge in [0.1, 0.15) is 0 Å². The smallest absolute Gasteiger partial charge is 0.269 e. The van der Waals surface area contributed by atoms with Crippen molar-refractivity contribution in [2.24, 2.45) is 0 Å². The summed E-state index contributed by atoms with van der Waals surface area (Å²) >= 11 is 6.14. The Balaban J connectivity index is 1.73. The third kappa shape index (κ3) is 2.89. The maximum absolute atomic E-state index is 6.14. The lowest BCUT2D eigenvalue weighted by atomic mass is 10.4. The average molecular weight is 321 g/mol. The van der Waals surface area contributed by atoms with E-state index in [2.05, 4.69) is 20.4 Å². The van der Waals surface area contributed by atoms with Gasteiger partial charge < -0.3 is 4.42 Å². The van der Waals surface area contributed by atoms with Crippen molar-refractivity contribution in [3.8, 4) is 11.6 Å². The number of halogens is 1. The minimum absolute atomic E-state index is 0.348. The number of aryl methyl sites for hydroxylation is 5. The molecule has 0 aliphatic heterocycles. The van der Waals surface area contributed by atoms with Crippen molar-refractivity contribution >= 4 is 11.6 Å². The van der Waals surface area contributed by atoms with Crippen molar-refractivity contribution in [1.82, 2.24) is 29.8 Å². The van der Waals surface area contributed by atoms with Crippen LogP contribution in [-0.4, -0.2) is 29.8 Å². The lowest BCUT2D eigenvalue weighted by molar-refractivity contribution is 0.470. The molecule has 0 fully saturated rings. The molecule has 0 N–H and O–H groups in total. The second-order valence-electron chi connectivity index (χ2n) is 5.08. The Morgan fingerprint density at radius 3 is 2.68 bits per heavy atom. The fraction of sp³-hybridized carbons (Fsp3) is 0.429. The van der Waals surface area contributed by atoms with Crippen molar-refractivity contribution in [3.63, 3.8) is 0 Å². The van der Waals surface area contributed by atoms with Gasteiger partial charge in [0.2, 0.25) is 5.89 Å². The van der Waals surface area contributed by atoms with E-state index in [1.165, 1.54) is 0 Å². The lowest BCUT2D eigenvalue weighted by Gasteiger charge is -2.00. The van der Waals surface area contributed by atoms with Crippen LogP contribution < -0.4 is 0 Å². The van der Waals surface area contributed by atoms with E-state index in [1.54, 1.807) is 10.9 Å². The Bertz CT molecular complexity index is 787. The fourth-order valence-electron chi connectivity index (χ4n) is 2.26. The molecule has 0 amide bonds. The molecule has 0 aliphatic rings. The molecule has 22 heavy (non-hydrogen) atoms. The molecule has 0 bridgehead atoms. The molecular formula is C14H17ClN6O. The van der Waals surface area contributed by atoms with Crippen LogP contribution in [0, 0.1) is 13.8 Å². The number of aromatic nitrogens is 6. The van der Waals surface area contributed by atoms with Gasteiger partial charge in [-0.3, -0.25) is 9.36 Å². The molecular weight excluding hydrogens is 304 g/mol. The molecule has 0 atom stereocenters. The molecule has 0 saturated heterocycles. The van der Waals surface area contributed by atoms with E-state index in [0.717, 1.165) is 17.9 Å². The zero-order chi connectivity index (χ0) is 15.7. The Morgan fingerprint density at radius 1 is 1.23 bits per heavy atom. The molecule has 116 valence electrons. The van der Waals surface area contributed by atoms with E-state index in [9.17, 15) is 0 Å². The van der Waals surface area contributed by atoms with Crippen LogP contribution in [0.5, 0.6) is 0 Å². The molecule has 0 spiro atoms. The summed E-state index contributed by atoms with van der Waals surface area (Å²) in [5.74, 6) is 0.894. The first-order valence-corrected chi connectivity index (χ1v) is 7.51. The van der Waals surface area contributed by atoms with Gasteiger partial charge in [0, 0.05) is 31.4 Å². The molecule has 3 heterocycles. The van der Waals surface area contributed by atoms with Crippen molar-refractivity contribution < 1.29 is 4.42 Å². The lowest BCUT2D eigenvalue weighted by Crippen LogP contribution is -2.05. The van der Waals surface area contributed by atoms with E-state index in [0.29, 0.717) is 35.5 Å². The molecule has 0 radical (unpaired) electrons. The third-order valence-electron chi connectivity index (χ3n) is 3.35. The van der Waals surface area contributed by atoms with Crippen molar-refractivity contribution in [2.75, 3.05) is 0 Å². The van der Waals surface area contributed by atoms with Gasteiger partial charge in [-0.2, -0.15) is 10.2 Å². The molecule has 7 nitrogen and oxygen atoms in total. The predicted octanol–water partition coefficient (Wildman–Crippen LogP) is 2.66. The van der Waals surface area contributed by atoms with Crippen LogP contribution in [0.4, 0.5) is 0 Å². The normalized spacial score (nSPS) is 11.3. The van der Waals surface area contributed by atoms with Gasteiger partial charge in [-0.25, -0.2) is 0 Å². The summed E-state index contributed by atoms with van der Waals surface area (Å²) in [6, 6.07) is 2.04. The maximum atomic E-state index is 6.14. The SMILES string of the molecule is CCn1cc(Cl)c(-c2nnc(CCn3nc(C)cc3C)o2)n1. The van der Waals surface area contributed by atoms with Gasteiger partial charge in [0.25, 0.3) is 5.89 Å². The van der Waals surface area contributed by atoms with E-state index in [1.807, 2.05) is 31.5 Å². The van der Waals surface area contributed by atoms with Gasteiger partial charge in [-0.1, -0.05) is 11.6 Å². The summed E-state index contributed by atoms with van der Waals surface area (Å²) in [4.78, 5) is 0. The number of rotatable bonds is 5. The second kappa shape index (κ2) is 5.92. The van der Waals surface area contributed by atoms with Crippen molar-refractivity contribution in [1.29, 1.82) is 0 Å². The molecule has 0 aromatic carbocycles. The van der Waals surface area contributed by atoms with E-state index in [-0.39, 0.29) is 0 Å². The summed E-state index contributed by atoms with van der Waals surface area (Å²) < 4.78 is 9.32. The van der Waals surface area contributed by atoms with E-state index >= 15 is 0 Å². The van der Waals surface area contributed by atoms with Crippen LogP contribution in [0.1, 0.15) is 24.2 Å². The molecule has 3 rings (SSSR count). The number of hydrogen-bond donors (Lipinski definition) is 0. The Kier molecular flexibility index (Phi) is 3.98. The van der Waals surface area contributed by atoms with Crippen molar-refractivity contribution in [2.45, 2.75) is 40.3 Å². The molecule has 0 aliphatic carbocycles. The largest absolute Gasteiger partial charge is 0.419 e. The Morgan fingerprint density at radius 2 is 2.05 bits per heavy atom. The topological polar surface area (TPSA) is 74.6 Å². The van der Waals surface area contributed by atoms with Crippen LogP contribution in [0.15, 0.2) is 16.7 Å². The first-order chi connectivity index (χ1) is 10.6. The molecule has 0 unspecified atom stereocenters. The van der Waals surface area contributed by atoms with Gasteiger partial charge in [-0.05, 0) is 26.8 Å². The fourth-order valence-corrected chi connectivity index (χ4v) is 2.49. The van der Waals surface area contributed by atoms with Crippen LogP contribution >= 0.6 is 11.6 Å². The highest BCUT2D eigenvalue weighted by Crippen LogP contribution is 2.25. The minimum atomic E-state index is 0.348. The highest BCUT2D eigenvalue weighted by molar-refractivity contribution is 6.32. The maximum Gasteiger partial charge on any atom is 0.269 e. The van der Waals surface area contributed by atoms with Crippen LogP contribution in [-0.2, 0) is 19.5 Å². The van der Waals surface area contributed by atoms with Gasteiger partial charge in [-0.15, -0.1) is 10.2 Å². The van der Waals surface area contributed by atoms with Gasteiger partial charge in [0.05, 0.1) is 10.7 Å². The zero-order valence-corrected chi connectivity index (χ0v) is 13.5. The summed E-state index contributed by atoms with van der Waals surface area (Å²) in [6.45, 7) is 7.41. The Hall–Kier alpha value is -2.15. The van der Waals surface area contributed by atoms with Crippen molar-refractivity contribution in [3.05, 3.63) is 34.6 Å². The van der Waals surface area contributed by atoms with Crippen LogP contribution in [0.2, 0.25) is 5.02 Å². The van der Waals surface area contributed by atoms with Crippen LogP contribution in [0.25, 0.3) is 11.6 Å². The standard InChI is InChI=1S/C14H17ClN6O/c1-4-20-8-11(15)13(19-20)14-17-16-12(22-14)5-6-21-10(3)7-9(2)18-21/h7-8H,4-6H2,1-3H3.